The van der Waals surface area contributed by atoms with E-state index in [1.165, 1.54) is 6.42 Å². The summed E-state index contributed by atoms with van der Waals surface area (Å²) >= 11 is 0. The molecule has 126 valence electrons. The fourth-order valence-electron chi connectivity index (χ4n) is 3.07. The zero-order chi connectivity index (χ0) is 16.4. The molecule has 23 heavy (non-hydrogen) atoms. The van der Waals surface area contributed by atoms with Crippen LogP contribution in [0.3, 0.4) is 0 Å². The third-order valence-corrected chi connectivity index (χ3v) is 4.82. The minimum Gasteiger partial charge on any atom is -0.490 e. The highest BCUT2D eigenvalue weighted by Crippen LogP contribution is 2.27. The first-order valence-electron chi connectivity index (χ1n) is 8.13. The number of carbonyl (C=O) groups excluding carboxylic acids is 1. The number of aliphatic hydroxyl groups is 3. The molecule has 0 bridgehead atoms. The van der Waals surface area contributed by atoms with Gasteiger partial charge in [0, 0.05) is 18.1 Å². The molecule has 0 heterocycles. The van der Waals surface area contributed by atoms with Gasteiger partial charge in [-0.15, -0.1) is 0 Å². The first-order valence-corrected chi connectivity index (χ1v) is 8.13. The highest BCUT2D eigenvalue weighted by Gasteiger charge is 2.41. The number of hydrogen-bond acceptors (Lipinski definition) is 5. The van der Waals surface area contributed by atoms with E-state index in [9.17, 15) is 15.0 Å². The van der Waals surface area contributed by atoms with Crippen LogP contribution in [-0.2, 0) is 0 Å². The second-order valence-corrected chi connectivity index (χ2v) is 6.43. The molecule has 6 nitrogen and oxygen atoms in total. The zero-order valence-corrected chi connectivity index (χ0v) is 12.9. The van der Waals surface area contributed by atoms with Gasteiger partial charge in [0.2, 0.25) is 0 Å². The first kappa shape index (κ1) is 16.2. The lowest BCUT2D eigenvalue weighted by atomic mass is 9.96. The van der Waals surface area contributed by atoms with Crippen LogP contribution in [0.2, 0.25) is 0 Å². The van der Waals surface area contributed by atoms with E-state index in [2.05, 4.69) is 5.32 Å². The van der Waals surface area contributed by atoms with Crippen molar-refractivity contribution < 1.29 is 24.9 Å². The summed E-state index contributed by atoms with van der Waals surface area (Å²) in [6.45, 7) is -0.211. The Kier molecular flexibility index (Phi) is 4.84. The number of benzene rings is 1. The number of hydrogen-bond donors (Lipinski definition) is 4. The van der Waals surface area contributed by atoms with E-state index in [0.717, 1.165) is 18.6 Å². The predicted molar refractivity (Wildman–Crippen MR) is 83.2 cm³/mol. The molecule has 1 amide bonds. The molecule has 0 aromatic heterocycles. The predicted octanol–water partition coefficient (Wildman–Crippen LogP) is 0.450. The van der Waals surface area contributed by atoms with Crippen LogP contribution in [0.1, 0.15) is 36.0 Å². The standard InChI is InChI=1S/C17H23NO5/c19-9-11-8-14(16(21)15(11)20)18-17(22)10-4-6-13(7-5-10)23-12-2-1-3-12/h4-7,11-12,14-16,19-21H,1-3,8-9H2,(H,18,22)/t11-,14-,15-,16+/m0/s1. The van der Waals surface area contributed by atoms with E-state index in [1.54, 1.807) is 24.3 Å². The molecule has 1 aromatic rings. The first-order chi connectivity index (χ1) is 11.1. The molecule has 3 rings (SSSR count). The molecule has 0 saturated heterocycles. The molecule has 4 N–H and O–H groups in total. The molecule has 0 aliphatic heterocycles. The number of aliphatic hydroxyl groups excluding tert-OH is 3. The van der Waals surface area contributed by atoms with Crippen molar-refractivity contribution in [3.8, 4) is 5.75 Å². The molecule has 4 atom stereocenters. The smallest absolute Gasteiger partial charge is 0.251 e. The highest BCUT2D eigenvalue weighted by atomic mass is 16.5. The van der Waals surface area contributed by atoms with E-state index in [-0.39, 0.29) is 12.5 Å². The van der Waals surface area contributed by atoms with Gasteiger partial charge in [0.15, 0.2) is 0 Å². The van der Waals surface area contributed by atoms with Crippen LogP contribution in [0.5, 0.6) is 5.75 Å². The molecule has 0 radical (unpaired) electrons. The zero-order valence-electron chi connectivity index (χ0n) is 12.9. The molecular formula is C17H23NO5. The minimum atomic E-state index is -1.06. The van der Waals surface area contributed by atoms with Crippen LogP contribution >= 0.6 is 0 Å². The van der Waals surface area contributed by atoms with Crippen molar-refractivity contribution in [2.75, 3.05) is 6.61 Å². The largest absolute Gasteiger partial charge is 0.490 e. The minimum absolute atomic E-state index is 0.211. The van der Waals surface area contributed by atoms with Crippen LogP contribution in [0.15, 0.2) is 24.3 Å². The number of ether oxygens (including phenoxy) is 1. The number of amides is 1. The Balaban J connectivity index is 1.57. The van der Waals surface area contributed by atoms with Crippen LogP contribution in [0.25, 0.3) is 0 Å². The van der Waals surface area contributed by atoms with Gasteiger partial charge < -0.3 is 25.4 Å². The number of carbonyl (C=O) groups is 1. The SMILES string of the molecule is O=C(N[C@H]1C[C@@H](CO)[C@H](O)[C@@H]1O)c1ccc(OC2CCC2)cc1. The Morgan fingerprint density at radius 1 is 1.17 bits per heavy atom. The van der Waals surface area contributed by atoms with Gasteiger partial charge in [-0.05, 0) is 49.9 Å². The summed E-state index contributed by atoms with van der Waals surface area (Å²) in [7, 11) is 0. The van der Waals surface area contributed by atoms with E-state index >= 15 is 0 Å². The second-order valence-electron chi connectivity index (χ2n) is 6.43. The Bertz CT molecular complexity index is 542. The van der Waals surface area contributed by atoms with Gasteiger partial charge in [0.25, 0.3) is 5.91 Å². The van der Waals surface area contributed by atoms with Gasteiger partial charge in [0.1, 0.15) is 11.9 Å². The van der Waals surface area contributed by atoms with Crippen LogP contribution in [0.4, 0.5) is 0 Å². The third-order valence-electron chi connectivity index (χ3n) is 4.82. The van der Waals surface area contributed by atoms with Gasteiger partial charge >= 0.3 is 0 Å². The lowest BCUT2D eigenvalue weighted by Crippen LogP contribution is -2.43. The third kappa shape index (κ3) is 3.49. The molecule has 0 spiro atoms. The van der Waals surface area contributed by atoms with Crippen molar-refractivity contribution >= 4 is 5.91 Å². The molecule has 0 unspecified atom stereocenters. The number of rotatable bonds is 5. The molecule has 2 fully saturated rings. The fraction of sp³-hybridized carbons (Fsp3) is 0.588. The second kappa shape index (κ2) is 6.86. The van der Waals surface area contributed by atoms with E-state index in [4.69, 9.17) is 9.84 Å². The van der Waals surface area contributed by atoms with Crippen molar-refractivity contribution in [1.82, 2.24) is 5.32 Å². The Labute approximate surface area is 135 Å². The topological polar surface area (TPSA) is 99.0 Å². The molecule has 6 heteroatoms. The quantitative estimate of drug-likeness (QED) is 0.631. The van der Waals surface area contributed by atoms with Gasteiger partial charge in [0.05, 0.1) is 18.2 Å². The average molecular weight is 321 g/mol. The van der Waals surface area contributed by atoms with E-state index < -0.39 is 24.2 Å². The van der Waals surface area contributed by atoms with Gasteiger partial charge in [-0.25, -0.2) is 0 Å². The highest BCUT2D eigenvalue weighted by molar-refractivity contribution is 5.94. The van der Waals surface area contributed by atoms with Crippen molar-refractivity contribution in [2.24, 2.45) is 5.92 Å². The Hall–Kier alpha value is -1.63. The normalized spacial score (nSPS) is 30.7. The van der Waals surface area contributed by atoms with Crippen LogP contribution in [0, 0.1) is 5.92 Å². The summed E-state index contributed by atoms with van der Waals surface area (Å²) in [6, 6.07) is 6.35. The summed E-state index contributed by atoms with van der Waals surface area (Å²) < 4.78 is 5.75. The summed E-state index contributed by atoms with van der Waals surface area (Å²) in [4.78, 5) is 12.2. The summed E-state index contributed by atoms with van der Waals surface area (Å²) in [5, 5.41) is 31.6. The monoisotopic (exact) mass is 321 g/mol. The van der Waals surface area contributed by atoms with Crippen molar-refractivity contribution in [3.05, 3.63) is 29.8 Å². The molecule has 1 aromatic carbocycles. The van der Waals surface area contributed by atoms with Crippen LogP contribution in [-0.4, -0.2) is 52.2 Å². The van der Waals surface area contributed by atoms with Crippen molar-refractivity contribution in [3.63, 3.8) is 0 Å². The summed E-state index contributed by atoms with van der Waals surface area (Å²) in [5.74, 6) is 0.0338. The molecule has 2 aliphatic rings. The maximum atomic E-state index is 12.2. The lowest BCUT2D eigenvalue weighted by Gasteiger charge is -2.26. The van der Waals surface area contributed by atoms with Crippen LogP contribution < -0.4 is 10.1 Å². The van der Waals surface area contributed by atoms with E-state index in [0.29, 0.717) is 18.1 Å². The Morgan fingerprint density at radius 2 is 1.87 bits per heavy atom. The van der Waals surface area contributed by atoms with Crippen molar-refractivity contribution in [2.45, 2.75) is 50.0 Å². The Morgan fingerprint density at radius 3 is 2.39 bits per heavy atom. The molecule has 2 aliphatic carbocycles. The van der Waals surface area contributed by atoms with Crippen molar-refractivity contribution in [1.29, 1.82) is 0 Å². The summed E-state index contributed by atoms with van der Waals surface area (Å²) in [6.07, 6.45) is 1.94. The lowest BCUT2D eigenvalue weighted by molar-refractivity contribution is 0.000136. The van der Waals surface area contributed by atoms with Gasteiger partial charge in [-0.1, -0.05) is 0 Å². The summed E-state index contributed by atoms with van der Waals surface area (Å²) in [5.41, 5.74) is 0.472. The molecular weight excluding hydrogens is 298 g/mol. The average Bonchev–Trinajstić information content (AvgIpc) is 2.79. The maximum absolute atomic E-state index is 12.2. The van der Waals surface area contributed by atoms with E-state index in [1.807, 2.05) is 0 Å². The molecule has 2 saturated carbocycles. The maximum Gasteiger partial charge on any atom is 0.251 e. The van der Waals surface area contributed by atoms with Gasteiger partial charge in [-0.3, -0.25) is 4.79 Å². The van der Waals surface area contributed by atoms with Gasteiger partial charge in [-0.2, -0.15) is 0 Å². The fourth-order valence-corrected chi connectivity index (χ4v) is 3.07. The number of nitrogens with one attached hydrogen (secondary N) is 1.